The van der Waals surface area contributed by atoms with Crippen molar-refractivity contribution in [2.24, 2.45) is 5.73 Å². The molecular weight excluding hydrogens is 292 g/mol. The molecule has 3 rings (SSSR count). The van der Waals surface area contributed by atoms with Crippen molar-refractivity contribution < 1.29 is 20.1 Å². The van der Waals surface area contributed by atoms with E-state index in [1.165, 1.54) is 17.1 Å². The summed E-state index contributed by atoms with van der Waals surface area (Å²) in [6, 6.07) is 0. The van der Waals surface area contributed by atoms with Gasteiger partial charge in [-0.15, -0.1) is 0 Å². The highest BCUT2D eigenvalue weighted by atomic mass is 16.6. The number of anilines is 1. The molecule has 4 atom stereocenters. The predicted octanol–water partition coefficient (Wildman–Crippen LogP) is -2.09. The first-order valence-electron chi connectivity index (χ1n) is 6.53. The number of rotatable bonds is 3. The van der Waals surface area contributed by atoms with Gasteiger partial charge in [0.25, 0.3) is 0 Å². The summed E-state index contributed by atoms with van der Waals surface area (Å²) in [5, 5.41) is 37.1. The number of aliphatic hydroxyl groups excluding tert-OH is 3. The first-order chi connectivity index (χ1) is 10.5. The van der Waals surface area contributed by atoms with Crippen LogP contribution in [0.1, 0.15) is 11.8 Å². The molecule has 2 aromatic rings. The second kappa shape index (κ2) is 5.18. The number of nitrogen functional groups attached to an aromatic ring is 2. The van der Waals surface area contributed by atoms with Crippen molar-refractivity contribution in [3.8, 4) is 0 Å². The highest BCUT2D eigenvalue weighted by Crippen LogP contribution is 2.34. The Kier molecular flexibility index (Phi) is 3.45. The fourth-order valence-electron chi connectivity index (χ4n) is 2.62. The lowest BCUT2D eigenvalue weighted by atomic mass is 10.1. The standard InChI is InChI=1S/C12H16N6O4/c13-9(14)4-1-18(11-6(4)10(15)16-3-17-11)12-8(21)7(20)5(2-19)22-12/h1,3,5,7-8,12,19-21H,2H2,(H3,13,14)(H2,15,16,17)/t5-,7+,8-,12-/m0/s1. The average Bonchev–Trinajstić information content (AvgIpc) is 3.00. The zero-order valence-corrected chi connectivity index (χ0v) is 11.4. The summed E-state index contributed by atoms with van der Waals surface area (Å²) in [4.78, 5) is 7.95. The molecule has 1 aliphatic heterocycles. The summed E-state index contributed by atoms with van der Waals surface area (Å²) in [5.74, 6) is -0.0994. The number of nitrogens with one attached hydrogen (secondary N) is 1. The zero-order chi connectivity index (χ0) is 16.0. The molecule has 10 nitrogen and oxygen atoms in total. The Morgan fingerprint density at radius 2 is 2.09 bits per heavy atom. The van der Waals surface area contributed by atoms with Gasteiger partial charge in [-0.3, -0.25) is 5.41 Å². The van der Waals surface area contributed by atoms with Crippen LogP contribution in [0.2, 0.25) is 0 Å². The van der Waals surface area contributed by atoms with E-state index in [1.807, 2.05) is 0 Å². The maximum atomic E-state index is 10.1. The summed E-state index contributed by atoms with van der Waals surface area (Å²) < 4.78 is 6.89. The van der Waals surface area contributed by atoms with E-state index in [9.17, 15) is 10.2 Å². The van der Waals surface area contributed by atoms with Gasteiger partial charge in [-0.1, -0.05) is 0 Å². The monoisotopic (exact) mass is 308 g/mol. The van der Waals surface area contributed by atoms with Crippen molar-refractivity contribution in [2.45, 2.75) is 24.5 Å². The lowest BCUT2D eigenvalue weighted by Gasteiger charge is -2.17. The van der Waals surface area contributed by atoms with E-state index < -0.39 is 31.1 Å². The summed E-state index contributed by atoms with van der Waals surface area (Å²) in [5.41, 5.74) is 12.0. The largest absolute Gasteiger partial charge is 0.394 e. The zero-order valence-electron chi connectivity index (χ0n) is 11.4. The van der Waals surface area contributed by atoms with Gasteiger partial charge in [-0.2, -0.15) is 0 Å². The number of nitrogens with two attached hydrogens (primary N) is 2. The molecule has 0 aromatic carbocycles. The Hall–Kier alpha value is -2.27. The van der Waals surface area contributed by atoms with Gasteiger partial charge in [0.1, 0.15) is 41.9 Å². The van der Waals surface area contributed by atoms with Crippen molar-refractivity contribution in [2.75, 3.05) is 12.3 Å². The van der Waals surface area contributed by atoms with E-state index in [1.54, 1.807) is 0 Å². The van der Waals surface area contributed by atoms with Crippen LogP contribution in [0.3, 0.4) is 0 Å². The second-order valence-corrected chi connectivity index (χ2v) is 5.05. The first-order valence-corrected chi connectivity index (χ1v) is 6.53. The van der Waals surface area contributed by atoms with Crippen molar-refractivity contribution in [3.63, 3.8) is 0 Å². The van der Waals surface area contributed by atoms with Gasteiger partial charge in [0, 0.05) is 11.8 Å². The fraction of sp³-hybridized carbons (Fsp3) is 0.417. The molecule has 2 aromatic heterocycles. The molecule has 1 saturated heterocycles. The topological polar surface area (TPSA) is 177 Å². The van der Waals surface area contributed by atoms with Crippen LogP contribution in [0.15, 0.2) is 12.5 Å². The van der Waals surface area contributed by atoms with E-state index in [-0.39, 0.29) is 11.7 Å². The van der Waals surface area contributed by atoms with Crippen molar-refractivity contribution in [1.29, 1.82) is 5.41 Å². The van der Waals surface area contributed by atoms with E-state index in [2.05, 4.69) is 9.97 Å². The third-order valence-electron chi connectivity index (χ3n) is 3.72. The average molecular weight is 308 g/mol. The lowest BCUT2D eigenvalue weighted by molar-refractivity contribution is -0.0508. The summed E-state index contributed by atoms with van der Waals surface area (Å²) >= 11 is 0. The Balaban J connectivity index is 2.16. The molecule has 0 spiro atoms. The van der Waals surface area contributed by atoms with Gasteiger partial charge >= 0.3 is 0 Å². The van der Waals surface area contributed by atoms with E-state index in [0.29, 0.717) is 16.6 Å². The summed E-state index contributed by atoms with van der Waals surface area (Å²) in [6.45, 7) is -0.440. The van der Waals surface area contributed by atoms with Crippen molar-refractivity contribution in [3.05, 3.63) is 18.1 Å². The lowest BCUT2D eigenvalue weighted by Crippen LogP contribution is -2.33. The number of aromatic nitrogens is 3. The second-order valence-electron chi connectivity index (χ2n) is 5.05. The van der Waals surface area contributed by atoms with Crippen LogP contribution < -0.4 is 11.5 Å². The molecule has 0 bridgehead atoms. The number of amidine groups is 1. The number of aliphatic hydroxyl groups is 3. The Morgan fingerprint density at radius 1 is 1.36 bits per heavy atom. The normalized spacial score (nSPS) is 28.3. The Morgan fingerprint density at radius 3 is 2.68 bits per heavy atom. The molecule has 8 N–H and O–H groups in total. The molecule has 1 fully saturated rings. The minimum atomic E-state index is -1.27. The molecule has 0 aliphatic carbocycles. The van der Waals surface area contributed by atoms with Gasteiger partial charge in [0.05, 0.1) is 12.0 Å². The number of nitrogens with zero attached hydrogens (tertiary/aromatic N) is 3. The van der Waals surface area contributed by atoms with Crippen LogP contribution >= 0.6 is 0 Å². The van der Waals surface area contributed by atoms with Gasteiger partial charge in [0.15, 0.2) is 6.23 Å². The molecule has 22 heavy (non-hydrogen) atoms. The third-order valence-corrected chi connectivity index (χ3v) is 3.72. The smallest absolute Gasteiger partial charge is 0.164 e. The first kappa shape index (κ1) is 14.7. The van der Waals surface area contributed by atoms with Crippen LogP contribution in [0.5, 0.6) is 0 Å². The van der Waals surface area contributed by atoms with E-state index >= 15 is 0 Å². The van der Waals surface area contributed by atoms with Gasteiger partial charge < -0.3 is 36.1 Å². The molecular formula is C12H16N6O4. The molecule has 118 valence electrons. The molecule has 3 heterocycles. The molecule has 0 amide bonds. The van der Waals surface area contributed by atoms with Crippen LogP contribution in [-0.4, -0.2) is 60.6 Å². The quantitative estimate of drug-likeness (QED) is 0.276. The molecule has 0 radical (unpaired) electrons. The summed E-state index contributed by atoms with van der Waals surface area (Å²) in [7, 11) is 0. The number of ether oxygens (including phenoxy) is 1. The molecule has 0 unspecified atom stereocenters. The molecule has 10 heteroatoms. The van der Waals surface area contributed by atoms with Crippen LogP contribution in [0.4, 0.5) is 5.82 Å². The Bertz CT molecular complexity index is 732. The van der Waals surface area contributed by atoms with Crippen molar-refractivity contribution >= 4 is 22.7 Å². The SMILES string of the molecule is N=C(N)c1cn([C@H]2O[C@@H](CO)[C@@H](O)[C@@H]2O)c2ncnc(N)c12. The number of fused-ring (bicyclic) bond motifs is 1. The fourth-order valence-corrected chi connectivity index (χ4v) is 2.62. The minimum absolute atomic E-state index is 0.140. The number of hydrogen-bond acceptors (Lipinski definition) is 8. The number of hydrogen-bond donors (Lipinski definition) is 6. The molecule has 1 aliphatic rings. The minimum Gasteiger partial charge on any atom is -0.394 e. The van der Waals surface area contributed by atoms with Gasteiger partial charge in [0.2, 0.25) is 0 Å². The highest BCUT2D eigenvalue weighted by Gasteiger charge is 2.44. The third kappa shape index (κ3) is 2.01. The predicted molar refractivity (Wildman–Crippen MR) is 76.0 cm³/mol. The van der Waals surface area contributed by atoms with Crippen LogP contribution in [-0.2, 0) is 4.74 Å². The van der Waals surface area contributed by atoms with Gasteiger partial charge in [-0.25, -0.2) is 9.97 Å². The van der Waals surface area contributed by atoms with E-state index in [0.717, 1.165) is 0 Å². The van der Waals surface area contributed by atoms with E-state index in [4.69, 9.17) is 26.7 Å². The van der Waals surface area contributed by atoms with Gasteiger partial charge in [-0.05, 0) is 0 Å². The maximum Gasteiger partial charge on any atom is 0.164 e. The maximum absolute atomic E-state index is 10.1. The van der Waals surface area contributed by atoms with Crippen LogP contribution in [0, 0.1) is 5.41 Å². The Labute approximate surface area is 124 Å². The molecule has 0 saturated carbocycles. The van der Waals surface area contributed by atoms with Crippen molar-refractivity contribution in [1.82, 2.24) is 14.5 Å². The van der Waals surface area contributed by atoms with Crippen LogP contribution in [0.25, 0.3) is 11.0 Å². The highest BCUT2D eigenvalue weighted by molar-refractivity contribution is 6.09. The summed E-state index contributed by atoms with van der Waals surface area (Å²) in [6.07, 6.45) is -1.73.